The van der Waals surface area contributed by atoms with Crippen LogP contribution in [0.5, 0.6) is 0 Å². The van der Waals surface area contributed by atoms with Crippen molar-refractivity contribution in [3.05, 3.63) is 34.9 Å². The highest BCUT2D eigenvalue weighted by Crippen LogP contribution is 2.20. The maximum atomic E-state index is 13.2. The van der Waals surface area contributed by atoms with E-state index in [4.69, 9.17) is 15.9 Å². The molecule has 1 rings (SSSR count). The maximum absolute atomic E-state index is 13.2. The number of hydrogen-bond acceptors (Lipinski definition) is 3. The number of rotatable bonds is 3. The summed E-state index contributed by atoms with van der Waals surface area (Å²) in [5.41, 5.74) is 4.23. The van der Waals surface area contributed by atoms with Crippen LogP contribution in [0, 0.1) is 11.6 Å². The lowest BCUT2D eigenvalue weighted by Crippen LogP contribution is -2.18. The molecule has 0 amide bonds. The number of carboxylic acids is 1. The molecule has 0 saturated heterocycles. The van der Waals surface area contributed by atoms with Crippen molar-refractivity contribution in [1.82, 2.24) is 0 Å². The Morgan fingerprint density at radius 3 is 2.20 bits per heavy atom. The Morgan fingerprint density at radius 1 is 1.40 bits per heavy atom. The minimum atomic E-state index is -1.43. The first kappa shape index (κ1) is 11.5. The minimum Gasteiger partial charge on any atom is -0.478 e. The predicted molar refractivity (Wildman–Crippen MR) is 47.3 cm³/mol. The van der Waals surface area contributed by atoms with Gasteiger partial charge in [-0.15, -0.1) is 0 Å². The van der Waals surface area contributed by atoms with Gasteiger partial charge in [0.1, 0.15) is 11.6 Å². The van der Waals surface area contributed by atoms with Gasteiger partial charge in [0, 0.05) is 5.56 Å². The van der Waals surface area contributed by atoms with Gasteiger partial charge in [-0.05, 0) is 12.1 Å². The quantitative estimate of drug-likeness (QED) is 0.694. The van der Waals surface area contributed by atoms with Gasteiger partial charge in [-0.2, -0.15) is 0 Å². The summed E-state index contributed by atoms with van der Waals surface area (Å²) in [4.78, 5) is 10.4. The van der Waals surface area contributed by atoms with E-state index in [1.807, 2.05) is 0 Å². The summed E-state index contributed by atoms with van der Waals surface area (Å²) in [5.74, 6) is -3.58. The summed E-state index contributed by atoms with van der Waals surface area (Å²) < 4.78 is 26.4. The van der Waals surface area contributed by atoms with Crippen molar-refractivity contribution in [3.63, 3.8) is 0 Å². The molecule has 0 aliphatic rings. The Kier molecular flexibility index (Phi) is 3.33. The first-order valence-corrected chi connectivity index (χ1v) is 4.06. The van der Waals surface area contributed by atoms with Crippen LogP contribution in [-0.4, -0.2) is 22.8 Å². The molecule has 0 aliphatic heterocycles. The second-order valence-corrected chi connectivity index (χ2v) is 2.95. The van der Waals surface area contributed by atoms with Crippen LogP contribution in [-0.2, 0) is 0 Å². The van der Waals surface area contributed by atoms with Crippen molar-refractivity contribution < 1.29 is 23.8 Å². The van der Waals surface area contributed by atoms with Crippen molar-refractivity contribution in [3.8, 4) is 0 Å². The van der Waals surface area contributed by atoms with E-state index in [2.05, 4.69) is 0 Å². The SMILES string of the molecule is NC(CO)c1c(F)cc(C(=O)O)cc1F. The zero-order valence-corrected chi connectivity index (χ0v) is 7.58. The highest BCUT2D eigenvalue weighted by molar-refractivity contribution is 5.87. The minimum absolute atomic E-state index is 0.501. The molecule has 1 aromatic rings. The molecule has 82 valence electrons. The average Bonchev–Trinajstić information content (AvgIpc) is 2.16. The molecule has 0 heterocycles. The van der Waals surface area contributed by atoms with Crippen LogP contribution in [0.1, 0.15) is 22.0 Å². The highest BCUT2D eigenvalue weighted by Gasteiger charge is 2.19. The van der Waals surface area contributed by atoms with Crippen molar-refractivity contribution in [2.45, 2.75) is 6.04 Å². The number of nitrogens with two attached hydrogens (primary N) is 1. The third-order valence-corrected chi connectivity index (χ3v) is 1.89. The molecule has 0 aromatic heterocycles. The Labute approximate surface area is 83.9 Å². The fourth-order valence-corrected chi connectivity index (χ4v) is 1.15. The predicted octanol–water partition coefficient (Wildman–Crippen LogP) is 0.655. The van der Waals surface area contributed by atoms with E-state index in [0.717, 1.165) is 0 Å². The molecule has 0 spiro atoms. The van der Waals surface area contributed by atoms with E-state index in [1.165, 1.54) is 0 Å². The van der Waals surface area contributed by atoms with Crippen LogP contribution in [0.3, 0.4) is 0 Å². The molecule has 1 unspecified atom stereocenters. The summed E-state index contributed by atoms with van der Waals surface area (Å²) in [6.45, 7) is -0.625. The maximum Gasteiger partial charge on any atom is 0.335 e. The Balaban J connectivity index is 3.27. The lowest BCUT2D eigenvalue weighted by Gasteiger charge is -2.11. The van der Waals surface area contributed by atoms with Crippen LogP contribution in [0.4, 0.5) is 8.78 Å². The first-order valence-electron chi connectivity index (χ1n) is 4.06. The zero-order chi connectivity index (χ0) is 11.6. The topological polar surface area (TPSA) is 83.5 Å². The average molecular weight is 217 g/mol. The molecule has 1 atom stereocenters. The Hall–Kier alpha value is -1.53. The molecule has 0 saturated carbocycles. The molecule has 0 radical (unpaired) electrons. The van der Waals surface area contributed by atoms with Crippen LogP contribution < -0.4 is 5.73 Å². The van der Waals surface area contributed by atoms with Gasteiger partial charge in [0.2, 0.25) is 0 Å². The van der Waals surface area contributed by atoms with Gasteiger partial charge in [0.05, 0.1) is 18.2 Å². The molecule has 0 aliphatic carbocycles. The van der Waals surface area contributed by atoms with Crippen molar-refractivity contribution in [1.29, 1.82) is 0 Å². The van der Waals surface area contributed by atoms with Crippen molar-refractivity contribution >= 4 is 5.97 Å². The smallest absolute Gasteiger partial charge is 0.335 e. The number of aliphatic hydroxyl groups is 1. The third-order valence-electron chi connectivity index (χ3n) is 1.89. The van der Waals surface area contributed by atoms with E-state index in [1.54, 1.807) is 0 Å². The van der Waals surface area contributed by atoms with Gasteiger partial charge >= 0.3 is 5.97 Å². The molecule has 1 aromatic carbocycles. The molecule has 4 N–H and O–H groups in total. The molecular formula is C9H9F2NO3. The van der Waals surface area contributed by atoms with Crippen molar-refractivity contribution in [2.75, 3.05) is 6.61 Å². The van der Waals surface area contributed by atoms with E-state index in [9.17, 15) is 13.6 Å². The molecule has 4 nitrogen and oxygen atoms in total. The number of carbonyl (C=O) groups is 1. The van der Waals surface area contributed by atoms with Crippen LogP contribution >= 0.6 is 0 Å². The molecule has 0 fully saturated rings. The summed E-state index contributed by atoms with van der Waals surface area (Å²) in [7, 11) is 0. The van der Waals surface area contributed by atoms with Crippen LogP contribution in [0.25, 0.3) is 0 Å². The van der Waals surface area contributed by atoms with E-state index >= 15 is 0 Å². The molecule has 6 heteroatoms. The summed E-state index contributed by atoms with van der Waals surface area (Å²) in [5, 5.41) is 17.1. The van der Waals surface area contributed by atoms with Gasteiger partial charge in [-0.25, -0.2) is 13.6 Å². The first-order chi connectivity index (χ1) is 6.97. The van der Waals surface area contributed by atoms with E-state index in [0.29, 0.717) is 12.1 Å². The number of carboxylic acid groups (broad SMARTS) is 1. The second kappa shape index (κ2) is 4.33. The van der Waals surface area contributed by atoms with Gasteiger partial charge in [0.15, 0.2) is 0 Å². The fraction of sp³-hybridized carbons (Fsp3) is 0.222. The van der Waals surface area contributed by atoms with Gasteiger partial charge in [-0.3, -0.25) is 0 Å². The third kappa shape index (κ3) is 2.28. The molecule has 15 heavy (non-hydrogen) atoms. The summed E-state index contributed by atoms with van der Waals surface area (Å²) in [6, 6.07) is 0.125. The lowest BCUT2D eigenvalue weighted by molar-refractivity contribution is 0.0695. The lowest BCUT2D eigenvalue weighted by atomic mass is 10.0. The van der Waals surface area contributed by atoms with E-state index < -0.39 is 41.4 Å². The fourth-order valence-electron chi connectivity index (χ4n) is 1.15. The summed E-state index contributed by atoms with van der Waals surface area (Å²) >= 11 is 0. The van der Waals surface area contributed by atoms with E-state index in [-0.39, 0.29) is 0 Å². The second-order valence-electron chi connectivity index (χ2n) is 2.95. The van der Waals surface area contributed by atoms with Gasteiger partial charge in [0.25, 0.3) is 0 Å². The monoisotopic (exact) mass is 217 g/mol. The normalized spacial score (nSPS) is 12.5. The highest BCUT2D eigenvalue weighted by atomic mass is 19.1. The van der Waals surface area contributed by atoms with Gasteiger partial charge < -0.3 is 15.9 Å². The van der Waals surface area contributed by atoms with Crippen LogP contribution in [0.2, 0.25) is 0 Å². The number of aromatic carboxylic acids is 1. The summed E-state index contributed by atoms with van der Waals surface area (Å²) in [6.07, 6.45) is 0. The number of hydrogen-bond donors (Lipinski definition) is 3. The van der Waals surface area contributed by atoms with Crippen LogP contribution in [0.15, 0.2) is 12.1 Å². The zero-order valence-electron chi connectivity index (χ0n) is 7.58. The van der Waals surface area contributed by atoms with Gasteiger partial charge in [-0.1, -0.05) is 0 Å². The number of aliphatic hydroxyl groups excluding tert-OH is 1. The molecular weight excluding hydrogens is 208 g/mol. The van der Waals surface area contributed by atoms with Crippen molar-refractivity contribution in [2.24, 2.45) is 5.73 Å². The largest absolute Gasteiger partial charge is 0.478 e. The number of halogens is 2. The Morgan fingerprint density at radius 2 is 1.87 bits per heavy atom. The molecule has 0 bridgehead atoms. The Bertz CT molecular complexity index is 372. The number of benzene rings is 1. The standard InChI is InChI=1S/C9H9F2NO3/c10-5-1-4(9(14)15)2-6(11)8(5)7(12)3-13/h1-2,7,13H,3,12H2,(H,14,15).